The van der Waals surface area contributed by atoms with Crippen LogP contribution in [-0.2, 0) is 25.2 Å². The molecule has 0 aliphatic rings. The van der Waals surface area contributed by atoms with E-state index in [1.54, 1.807) is 13.8 Å². The predicted molar refractivity (Wildman–Crippen MR) is 64.4 cm³/mol. The Morgan fingerprint density at radius 2 is 1.00 bits per heavy atom. The van der Waals surface area contributed by atoms with Crippen molar-refractivity contribution in [3.63, 3.8) is 0 Å². The Morgan fingerprint density at radius 3 is 1.20 bits per heavy atom. The standard InChI is InChI=1S/C14H16F6/c1-3-5-9-7-8-10(6-4-2)12(14(18,19)20)11(9)13(15,16)17/h7-8H,3-6H2,1-2H3. The molecule has 0 aliphatic heterocycles. The Bertz CT molecular complexity index is 413. The van der Waals surface area contributed by atoms with Gasteiger partial charge in [-0.25, -0.2) is 0 Å². The lowest BCUT2D eigenvalue weighted by atomic mass is 9.91. The highest BCUT2D eigenvalue weighted by molar-refractivity contribution is 5.45. The summed E-state index contributed by atoms with van der Waals surface area (Å²) in [5.41, 5.74) is -3.60. The molecular weight excluding hydrogens is 282 g/mol. The second-order valence-electron chi connectivity index (χ2n) is 4.63. The van der Waals surface area contributed by atoms with Gasteiger partial charge in [0.1, 0.15) is 0 Å². The molecule has 0 spiro atoms. The lowest BCUT2D eigenvalue weighted by molar-refractivity contribution is -0.163. The van der Waals surface area contributed by atoms with Crippen molar-refractivity contribution in [1.82, 2.24) is 0 Å². The molecule has 1 aromatic rings. The number of hydrogen-bond acceptors (Lipinski definition) is 0. The zero-order valence-corrected chi connectivity index (χ0v) is 11.3. The van der Waals surface area contributed by atoms with Crippen LogP contribution in [0.1, 0.15) is 48.9 Å². The maximum Gasteiger partial charge on any atom is 0.417 e. The molecular formula is C14H16F6. The Kier molecular flexibility index (Phi) is 5.10. The first kappa shape index (κ1) is 16.9. The Balaban J connectivity index is 3.64. The molecule has 20 heavy (non-hydrogen) atoms. The smallest absolute Gasteiger partial charge is 0.166 e. The van der Waals surface area contributed by atoms with E-state index in [9.17, 15) is 26.3 Å². The summed E-state index contributed by atoms with van der Waals surface area (Å²) in [7, 11) is 0. The summed E-state index contributed by atoms with van der Waals surface area (Å²) < 4.78 is 78.5. The SMILES string of the molecule is CCCc1ccc(CCC)c(C(F)(F)F)c1C(F)(F)F. The van der Waals surface area contributed by atoms with Crippen molar-refractivity contribution in [1.29, 1.82) is 0 Å². The summed E-state index contributed by atoms with van der Waals surface area (Å²) in [5.74, 6) is 0. The van der Waals surface area contributed by atoms with Gasteiger partial charge in [-0.2, -0.15) is 26.3 Å². The van der Waals surface area contributed by atoms with E-state index in [-0.39, 0.29) is 24.0 Å². The molecule has 0 unspecified atom stereocenters. The summed E-state index contributed by atoms with van der Waals surface area (Å²) in [6, 6.07) is 2.35. The molecule has 0 radical (unpaired) electrons. The van der Waals surface area contributed by atoms with E-state index >= 15 is 0 Å². The molecule has 0 atom stereocenters. The highest BCUT2D eigenvalue weighted by atomic mass is 19.4. The maximum absolute atomic E-state index is 13.1. The summed E-state index contributed by atoms with van der Waals surface area (Å²) in [5, 5.41) is 0. The van der Waals surface area contributed by atoms with Gasteiger partial charge in [-0.3, -0.25) is 0 Å². The van der Waals surface area contributed by atoms with Crippen molar-refractivity contribution in [2.24, 2.45) is 0 Å². The molecule has 0 aliphatic carbocycles. The van der Waals surface area contributed by atoms with Gasteiger partial charge in [0, 0.05) is 0 Å². The van der Waals surface area contributed by atoms with Gasteiger partial charge in [-0.05, 0) is 24.0 Å². The largest absolute Gasteiger partial charge is 0.417 e. The molecule has 0 fully saturated rings. The lowest BCUT2D eigenvalue weighted by Crippen LogP contribution is -2.21. The molecule has 1 aromatic carbocycles. The third-order valence-corrected chi connectivity index (χ3v) is 2.98. The zero-order valence-electron chi connectivity index (χ0n) is 11.3. The summed E-state index contributed by atoms with van der Waals surface area (Å²) in [6.07, 6.45) is -9.34. The molecule has 0 aromatic heterocycles. The van der Waals surface area contributed by atoms with Gasteiger partial charge in [-0.1, -0.05) is 38.8 Å². The van der Waals surface area contributed by atoms with Crippen LogP contribution in [0.5, 0.6) is 0 Å². The maximum atomic E-state index is 13.1. The van der Waals surface area contributed by atoms with E-state index in [4.69, 9.17) is 0 Å². The number of aryl methyl sites for hydroxylation is 2. The minimum atomic E-state index is -5.00. The van der Waals surface area contributed by atoms with Crippen LogP contribution >= 0.6 is 0 Å². The minimum absolute atomic E-state index is 0.0235. The molecule has 6 heteroatoms. The van der Waals surface area contributed by atoms with Gasteiger partial charge < -0.3 is 0 Å². The summed E-state index contributed by atoms with van der Waals surface area (Å²) in [6.45, 7) is 3.26. The third kappa shape index (κ3) is 3.67. The van der Waals surface area contributed by atoms with E-state index in [1.807, 2.05) is 0 Å². The highest BCUT2D eigenvalue weighted by Gasteiger charge is 2.46. The van der Waals surface area contributed by atoms with Crippen LogP contribution in [0.2, 0.25) is 0 Å². The fourth-order valence-corrected chi connectivity index (χ4v) is 2.29. The Labute approximate surface area is 113 Å². The van der Waals surface area contributed by atoms with E-state index in [1.165, 1.54) is 12.1 Å². The van der Waals surface area contributed by atoms with Gasteiger partial charge in [0.05, 0.1) is 11.1 Å². The van der Waals surface area contributed by atoms with Crippen molar-refractivity contribution >= 4 is 0 Å². The first-order valence-electron chi connectivity index (χ1n) is 6.42. The van der Waals surface area contributed by atoms with Gasteiger partial charge in [0.15, 0.2) is 0 Å². The molecule has 0 heterocycles. The summed E-state index contributed by atoms with van der Waals surface area (Å²) in [4.78, 5) is 0. The molecule has 0 N–H and O–H groups in total. The minimum Gasteiger partial charge on any atom is -0.166 e. The number of hydrogen-bond donors (Lipinski definition) is 0. The fraction of sp³-hybridized carbons (Fsp3) is 0.571. The van der Waals surface area contributed by atoms with Crippen LogP contribution in [0, 0.1) is 0 Å². The molecule has 1 rings (SSSR count). The average Bonchev–Trinajstić information content (AvgIpc) is 2.28. The van der Waals surface area contributed by atoms with Gasteiger partial charge >= 0.3 is 12.4 Å². The molecule has 0 amide bonds. The lowest BCUT2D eigenvalue weighted by Gasteiger charge is -2.22. The quantitative estimate of drug-likeness (QED) is 0.632. The average molecular weight is 298 g/mol. The van der Waals surface area contributed by atoms with Gasteiger partial charge in [0.25, 0.3) is 0 Å². The Hall–Kier alpha value is -1.20. The van der Waals surface area contributed by atoms with Crippen LogP contribution in [0.25, 0.3) is 0 Å². The van der Waals surface area contributed by atoms with Crippen molar-refractivity contribution in [3.8, 4) is 0 Å². The van der Waals surface area contributed by atoms with Crippen LogP contribution < -0.4 is 0 Å². The predicted octanol–water partition coefficient (Wildman–Crippen LogP) is 5.63. The van der Waals surface area contributed by atoms with Gasteiger partial charge in [0.2, 0.25) is 0 Å². The van der Waals surface area contributed by atoms with Crippen LogP contribution in [-0.4, -0.2) is 0 Å². The molecule has 0 bridgehead atoms. The number of alkyl halides is 6. The first-order chi connectivity index (χ1) is 9.12. The zero-order chi connectivity index (χ0) is 15.6. The van der Waals surface area contributed by atoms with E-state index in [0.717, 1.165) is 0 Å². The molecule has 0 saturated heterocycles. The second kappa shape index (κ2) is 6.06. The number of rotatable bonds is 4. The fourth-order valence-electron chi connectivity index (χ4n) is 2.29. The van der Waals surface area contributed by atoms with Gasteiger partial charge in [-0.15, -0.1) is 0 Å². The van der Waals surface area contributed by atoms with E-state index in [0.29, 0.717) is 12.8 Å². The molecule has 0 nitrogen and oxygen atoms in total. The van der Waals surface area contributed by atoms with Crippen molar-refractivity contribution < 1.29 is 26.3 Å². The Morgan fingerprint density at radius 1 is 0.700 bits per heavy atom. The molecule has 0 saturated carbocycles. The van der Waals surface area contributed by atoms with Crippen molar-refractivity contribution in [2.45, 2.75) is 51.9 Å². The van der Waals surface area contributed by atoms with Crippen LogP contribution in [0.15, 0.2) is 12.1 Å². The van der Waals surface area contributed by atoms with Crippen molar-refractivity contribution in [2.75, 3.05) is 0 Å². The normalized spacial score (nSPS) is 12.8. The first-order valence-corrected chi connectivity index (χ1v) is 6.42. The molecule has 114 valence electrons. The monoisotopic (exact) mass is 298 g/mol. The number of halogens is 6. The van der Waals surface area contributed by atoms with Crippen LogP contribution in [0.4, 0.5) is 26.3 Å². The number of benzene rings is 1. The van der Waals surface area contributed by atoms with E-state index < -0.39 is 23.5 Å². The summed E-state index contributed by atoms with van der Waals surface area (Å²) >= 11 is 0. The third-order valence-electron chi connectivity index (χ3n) is 2.98. The van der Waals surface area contributed by atoms with E-state index in [2.05, 4.69) is 0 Å². The highest BCUT2D eigenvalue weighted by Crippen LogP contribution is 2.44. The topological polar surface area (TPSA) is 0 Å². The van der Waals surface area contributed by atoms with Crippen LogP contribution in [0.3, 0.4) is 0 Å². The van der Waals surface area contributed by atoms with Crippen molar-refractivity contribution in [3.05, 3.63) is 34.4 Å². The second-order valence-corrected chi connectivity index (χ2v) is 4.63.